The van der Waals surface area contributed by atoms with Crippen molar-refractivity contribution >= 4 is 27.5 Å². The van der Waals surface area contributed by atoms with Crippen LogP contribution in [0, 0.1) is 5.92 Å². The number of nitrogens with two attached hydrogens (primary N) is 1. The van der Waals surface area contributed by atoms with E-state index in [4.69, 9.17) is 22.1 Å². The molecule has 1 fully saturated rings. The van der Waals surface area contributed by atoms with Crippen LogP contribution >= 0.6 is 11.6 Å². The molecule has 0 atom stereocenters. The first-order valence-corrected chi connectivity index (χ1v) is 10.1. The summed E-state index contributed by atoms with van der Waals surface area (Å²) in [4.78, 5) is 10.9. The van der Waals surface area contributed by atoms with Crippen LogP contribution in [0.25, 0.3) is 0 Å². The van der Waals surface area contributed by atoms with Crippen LogP contribution in [-0.2, 0) is 14.8 Å². The second-order valence-electron chi connectivity index (χ2n) is 6.00. The maximum absolute atomic E-state index is 13.0. The first kappa shape index (κ1) is 20.0. The minimum Gasteiger partial charge on any atom is -0.482 e. The molecule has 3 N–H and O–H groups in total. The molecule has 0 aliphatic carbocycles. The smallest absolute Gasteiger partial charge is 0.255 e. The molecule has 9 heteroatoms. The molecule has 7 nitrogen and oxygen atoms in total. The number of amides is 1. The van der Waals surface area contributed by atoms with E-state index in [1.165, 1.54) is 22.5 Å². The SMILES string of the molecule is CCNCC1CCN(S(=O)(=O)c2cc(Cl)ccc2OCC(N)=O)CC1. The molecular formula is C16H24ClN3O4S. The van der Waals surface area contributed by atoms with Crippen LogP contribution in [0.1, 0.15) is 19.8 Å². The highest BCUT2D eigenvalue weighted by Crippen LogP contribution is 2.32. The van der Waals surface area contributed by atoms with E-state index >= 15 is 0 Å². The highest BCUT2D eigenvalue weighted by molar-refractivity contribution is 7.89. The third-order valence-electron chi connectivity index (χ3n) is 4.15. The molecule has 25 heavy (non-hydrogen) atoms. The number of ether oxygens (including phenoxy) is 1. The number of rotatable bonds is 8. The van der Waals surface area contributed by atoms with Gasteiger partial charge in [-0.1, -0.05) is 18.5 Å². The lowest BCUT2D eigenvalue weighted by molar-refractivity contribution is -0.120. The van der Waals surface area contributed by atoms with Gasteiger partial charge in [0.15, 0.2) is 6.61 Å². The van der Waals surface area contributed by atoms with Crippen LogP contribution < -0.4 is 15.8 Å². The minimum absolute atomic E-state index is 0.0358. The van der Waals surface area contributed by atoms with Crippen molar-refractivity contribution in [2.24, 2.45) is 11.7 Å². The first-order valence-electron chi connectivity index (χ1n) is 8.26. The fourth-order valence-corrected chi connectivity index (χ4v) is 4.66. The van der Waals surface area contributed by atoms with Gasteiger partial charge in [0.05, 0.1) is 0 Å². The Balaban J connectivity index is 2.16. The van der Waals surface area contributed by atoms with Gasteiger partial charge >= 0.3 is 0 Å². The number of nitrogens with zero attached hydrogens (tertiary/aromatic N) is 1. The molecule has 0 saturated carbocycles. The van der Waals surface area contributed by atoms with Gasteiger partial charge in [0.1, 0.15) is 10.6 Å². The maximum atomic E-state index is 13.0. The first-order chi connectivity index (χ1) is 11.8. The van der Waals surface area contributed by atoms with Gasteiger partial charge in [-0.15, -0.1) is 0 Å². The molecule has 1 saturated heterocycles. The summed E-state index contributed by atoms with van der Waals surface area (Å²) >= 11 is 5.97. The van der Waals surface area contributed by atoms with E-state index in [9.17, 15) is 13.2 Å². The van der Waals surface area contributed by atoms with Gasteiger partial charge in [-0.05, 0) is 50.0 Å². The molecule has 1 aliphatic heterocycles. The van der Waals surface area contributed by atoms with E-state index in [1.54, 1.807) is 0 Å². The van der Waals surface area contributed by atoms with Crippen molar-refractivity contribution in [2.75, 3.05) is 32.8 Å². The molecule has 140 valence electrons. The summed E-state index contributed by atoms with van der Waals surface area (Å²) < 4.78 is 32.7. The number of piperidine rings is 1. The fraction of sp³-hybridized carbons (Fsp3) is 0.562. The molecule has 1 heterocycles. The number of nitrogens with one attached hydrogen (secondary N) is 1. The molecule has 0 unspecified atom stereocenters. The van der Waals surface area contributed by atoms with E-state index in [1.807, 2.05) is 6.92 Å². The summed E-state index contributed by atoms with van der Waals surface area (Å²) in [7, 11) is -3.76. The fourth-order valence-electron chi connectivity index (χ4n) is 2.79. The summed E-state index contributed by atoms with van der Waals surface area (Å²) in [5.74, 6) is -0.128. The van der Waals surface area contributed by atoms with Gasteiger partial charge in [-0.3, -0.25) is 4.79 Å². The summed E-state index contributed by atoms with van der Waals surface area (Å²) in [6.07, 6.45) is 1.59. The molecule has 1 aliphatic rings. The number of carbonyl (C=O) groups excluding carboxylic acids is 1. The van der Waals surface area contributed by atoms with Crippen molar-refractivity contribution in [1.82, 2.24) is 9.62 Å². The zero-order valence-electron chi connectivity index (χ0n) is 14.2. The Kier molecular flexibility index (Phi) is 7.06. The molecule has 1 amide bonds. The number of halogens is 1. The predicted octanol–water partition coefficient (Wildman–Crippen LogP) is 1.21. The number of hydrogen-bond acceptors (Lipinski definition) is 5. The zero-order valence-corrected chi connectivity index (χ0v) is 15.8. The summed E-state index contributed by atoms with van der Waals surface area (Å²) in [5.41, 5.74) is 5.07. The second kappa shape index (κ2) is 8.84. The van der Waals surface area contributed by atoms with E-state index in [0.717, 1.165) is 25.9 Å². The Morgan fingerprint density at radius 1 is 1.40 bits per heavy atom. The molecular weight excluding hydrogens is 366 g/mol. The second-order valence-corrected chi connectivity index (χ2v) is 8.34. The van der Waals surface area contributed by atoms with E-state index in [-0.39, 0.29) is 15.7 Å². The lowest BCUT2D eigenvalue weighted by Gasteiger charge is -2.31. The lowest BCUT2D eigenvalue weighted by Crippen LogP contribution is -2.40. The van der Waals surface area contributed by atoms with Crippen molar-refractivity contribution in [1.29, 1.82) is 0 Å². The summed E-state index contributed by atoms with van der Waals surface area (Å²) in [6.45, 7) is 4.34. The Morgan fingerprint density at radius 3 is 2.68 bits per heavy atom. The zero-order chi connectivity index (χ0) is 18.4. The molecule has 0 bridgehead atoms. The quantitative estimate of drug-likeness (QED) is 0.695. The van der Waals surface area contributed by atoms with Gasteiger partial charge in [0, 0.05) is 18.1 Å². The van der Waals surface area contributed by atoms with Crippen molar-refractivity contribution in [3.8, 4) is 5.75 Å². The van der Waals surface area contributed by atoms with Crippen molar-refractivity contribution in [2.45, 2.75) is 24.7 Å². The van der Waals surface area contributed by atoms with Crippen LogP contribution in [0.4, 0.5) is 0 Å². The summed E-state index contributed by atoms with van der Waals surface area (Å²) in [6, 6.07) is 4.30. The number of benzene rings is 1. The largest absolute Gasteiger partial charge is 0.482 e. The van der Waals surface area contributed by atoms with Crippen LogP contribution in [0.15, 0.2) is 23.1 Å². The molecule has 1 aromatic carbocycles. The Morgan fingerprint density at radius 2 is 2.08 bits per heavy atom. The Labute approximate surface area is 153 Å². The molecule has 0 spiro atoms. The van der Waals surface area contributed by atoms with Crippen molar-refractivity contribution in [3.63, 3.8) is 0 Å². The van der Waals surface area contributed by atoms with Crippen LogP contribution in [0.5, 0.6) is 5.75 Å². The number of sulfonamides is 1. The molecule has 0 aromatic heterocycles. The monoisotopic (exact) mass is 389 g/mol. The number of carbonyl (C=O) groups is 1. The average Bonchev–Trinajstić information content (AvgIpc) is 2.59. The Bertz CT molecular complexity index is 703. The number of primary amides is 1. The minimum atomic E-state index is -3.76. The molecule has 0 radical (unpaired) electrons. The van der Waals surface area contributed by atoms with Gasteiger partial charge in [0.25, 0.3) is 5.91 Å². The van der Waals surface area contributed by atoms with Crippen LogP contribution in [0.3, 0.4) is 0 Å². The topological polar surface area (TPSA) is 102 Å². The van der Waals surface area contributed by atoms with Crippen LogP contribution in [0.2, 0.25) is 5.02 Å². The normalized spacial score (nSPS) is 16.7. The van der Waals surface area contributed by atoms with E-state index < -0.39 is 22.5 Å². The van der Waals surface area contributed by atoms with Crippen molar-refractivity contribution < 1.29 is 17.9 Å². The van der Waals surface area contributed by atoms with Crippen molar-refractivity contribution in [3.05, 3.63) is 23.2 Å². The Hall–Kier alpha value is -1.35. The predicted molar refractivity (Wildman–Crippen MR) is 96.2 cm³/mol. The highest BCUT2D eigenvalue weighted by Gasteiger charge is 2.31. The van der Waals surface area contributed by atoms with Gasteiger partial charge in [-0.2, -0.15) is 4.31 Å². The highest BCUT2D eigenvalue weighted by atomic mass is 35.5. The lowest BCUT2D eigenvalue weighted by atomic mass is 9.98. The molecule has 1 aromatic rings. The van der Waals surface area contributed by atoms with Gasteiger partial charge < -0.3 is 15.8 Å². The standard InChI is InChI=1S/C16H24ClN3O4S/c1-2-19-10-12-5-7-20(8-6-12)25(22,23)15-9-13(17)3-4-14(15)24-11-16(18)21/h3-4,9,12,19H,2,5-8,10-11H2,1H3,(H2,18,21). The third kappa shape index (κ3) is 5.31. The van der Waals surface area contributed by atoms with Crippen LogP contribution in [-0.4, -0.2) is 51.4 Å². The van der Waals surface area contributed by atoms with Gasteiger partial charge in [0.2, 0.25) is 10.0 Å². The molecule has 2 rings (SSSR count). The van der Waals surface area contributed by atoms with E-state index in [0.29, 0.717) is 19.0 Å². The number of hydrogen-bond donors (Lipinski definition) is 2. The van der Waals surface area contributed by atoms with Gasteiger partial charge in [-0.25, -0.2) is 8.42 Å². The summed E-state index contributed by atoms with van der Waals surface area (Å²) in [5, 5.41) is 3.58. The maximum Gasteiger partial charge on any atom is 0.255 e. The average molecular weight is 390 g/mol. The third-order valence-corrected chi connectivity index (χ3v) is 6.30. The van der Waals surface area contributed by atoms with E-state index in [2.05, 4.69) is 5.32 Å².